The van der Waals surface area contributed by atoms with Gasteiger partial charge in [-0.2, -0.15) is 5.10 Å². The van der Waals surface area contributed by atoms with E-state index in [2.05, 4.69) is 20.4 Å². The Morgan fingerprint density at radius 3 is 2.61 bits per heavy atom. The van der Waals surface area contributed by atoms with Crippen molar-refractivity contribution in [2.24, 2.45) is 0 Å². The van der Waals surface area contributed by atoms with Crippen molar-refractivity contribution in [1.82, 2.24) is 34.7 Å². The van der Waals surface area contributed by atoms with Crippen molar-refractivity contribution in [3.05, 3.63) is 71.4 Å². The number of likely N-dealkylation sites (tertiary alicyclic amines) is 2. The van der Waals surface area contributed by atoms with E-state index in [1.54, 1.807) is 10.6 Å². The topological polar surface area (TPSA) is 131 Å². The first kappa shape index (κ1) is 31.2. The second-order valence-corrected chi connectivity index (χ2v) is 11.5. The maximum Gasteiger partial charge on any atom is 0.257 e. The number of aromatic nitrogens is 4. The van der Waals surface area contributed by atoms with Gasteiger partial charge in [-0.05, 0) is 36.2 Å². The number of nitrogens with zero attached hydrogens (tertiary/aromatic N) is 6. The number of anilines is 1. The monoisotopic (exact) mass is 640 g/mol. The van der Waals surface area contributed by atoms with Crippen molar-refractivity contribution in [2.45, 2.75) is 43.9 Å². The molecule has 6 rings (SSSR count). The zero-order valence-electron chi connectivity index (χ0n) is 24.9. The first-order valence-electron chi connectivity index (χ1n) is 14.8. The van der Waals surface area contributed by atoms with Crippen LogP contribution in [-0.2, 0) is 6.54 Å². The van der Waals surface area contributed by atoms with Gasteiger partial charge in [0.2, 0.25) is 5.88 Å². The van der Waals surface area contributed by atoms with Crippen LogP contribution in [0.15, 0.2) is 48.9 Å². The van der Waals surface area contributed by atoms with E-state index in [0.717, 1.165) is 0 Å². The summed E-state index contributed by atoms with van der Waals surface area (Å²) in [6.45, 7) is 0.648. The van der Waals surface area contributed by atoms with Gasteiger partial charge in [0.05, 0.1) is 24.4 Å². The van der Waals surface area contributed by atoms with E-state index in [9.17, 15) is 22.8 Å². The number of nitrogen functional groups attached to an aromatic ring is 1. The fraction of sp³-hybridized carbons (Fsp3) is 0.387. The number of hydrogen-bond acceptors (Lipinski definition) is 8. The number of nitrogens with two attached hydrogens (primary N) is 1. The molecule has 2 atom stereocenters. The molecule has 0 spiro atoms. The van der Waals surface area contributed by atoms with Crippen molar-refractivity contribution in [3.8, 4) is 17.1 Å². The van der Waals surface area contributed by atoms with Crippen LogP contribution < -0.4 is 15.8 Å². The van der Waals surface area contributed by atoms with Crippen LogP contribution in [-0.4, -0.2) is 92.6 Å². The number of piperidine rings is 2. The Bertz CT molecular complexity index is 1770. The molecule has 242 valence electrons. The minimum absolute atomic E-state index is 0.00143. The van der Waals surface area contributed by atoms with Crippen LogP contribution in [0.3, 0.4) is 0 Å². The predicted molar refractivity (Wildman–Crippen MR) is 160 cm³/mol. The Morgan fingerprint density at radius 1 is 1.11 bits per heavy atom. The zero-order valence-corrected chi connectivity index (χ0v) is 24.9. The molecule has 5 heterocycles. The number of fused-ring (bicyclic) bond motifs is 1. The van der Waals surface area contributed by atoms with Gasteiger partial charge in [-0.1, -0.05) is 12.1 Å². The summed E-state index contributed by atoms with van der Waals surface area (Å²) in [6, 6.07) is 7.78. The minimum atomic E-state index is -2.69. The van der Waals surface area contributed by atoms with E-state index in [-0.39, 0.29) is 68.3 Å². The fourth-order valence-electron chi connectivity index (χ4n) is 5.96. The average molecular weight is 641 g/mol. The number of hydrogen-bond donors (Lipinski definition) is 2. The molecule has 2 aliphatic rings. The summed E-state index contributed by atoms with van der Waals surface area (Å²) in [7, 11) is 1.34. The Hall–Kier alpha value is -4.79. The molecule has 3 N–H and O–H groups in total. The smallest absolute Gasteiger partial charge is 0.257 e. The highest BCUT2D eigenvalue weighted by atomic mass is 19.3. The van der Waals surface area contributed by atoms with Gasteiger partial charge in [-0.15, -0.1) is 0 Å². The van der Waals surface area contributed by atoms with Crippen LogP contribution in [0.2, 0.25) is 0 Å². The van der Waals surface area contributed by atoms with Crippen LogP contribution in [0.1, 0.15) is 45.5 Å². The lowest BCUT2D eigenvalue weighted by Gasteiger charge is -2.35. The van der Waals surface area contributed by atoms with Gasteiger partial charge >= 0.3 is 0 Å². The van der Waals surface area contributed by atoms with Crippen molar-refractivity contribution >= 4 is 23.1 Å². The predicted octanol–water partition coefficient (Wildman–Crippen LogP) is 3.73. The SMILES string of the molecule is COc1ncc(-c2cc(CN3CCC(F)(F)CC3)c3c(N)ncnn23)cc1C(=O)NC1CN(C(=O)c2ccccc2F)CCC1F. The molecule has 3 aromatic heterocycles. The Balaban J connectivity index is 1.26. The molecule has 4 aromatic rings. The van der Waals surface area contributed by atoms with E-state index in [0.29, 0.717) is 28.9 Å². The maximum atomic E-state index is 15.1. The third kappa shape index (κ3) is 6.18. The lowest BCUT2D eigenvalue weighted by Crippen LogP contribution is -2.55. The second kappa shape index (κ2) is 12.5. The number of halogens is 4. The number of methoxy groups -OCH3 is 1. The van der Waals surface area contributed by atoms with Gasteiger partial charge in [0.15, 0.2) is 5.82 Å². The lowest BCUT2D eigenvalue weighted by atomic mass is 10.0. The molecule has 1 aromatic carbocycles. The highest BCUT2D eigenvalue weighted by Crippen LogP contribution is 2.33. The van der Waals surface area contributed by atoms with Crippen LogP contribution >= 0.6 is 0 Å². The number of pyridine rings is 1. The third-order valence-corrected chi connectivity index (χ3v) is 8.46. The van der Waals surface area contributed by atoms with Crippen molar-refractivity contribution in [1.29, 1.82) is 0 Å². The number of benzene rings is 1. The van der Waals surface area contributed by atoms with Crippen molar-refractivity contribution in [3.63, 3.8) is 0 Å². The van der Waals surface area contributed by atoms with Crippen LogP contribution in [0.4, 0.5) is 23.4 Å². The molecule has 2 saturated heterocycles. The molecule has 0 bridgehead atoms. The summed E-state index contributed by atoms with van der Waals surface area (Å²) in [5, 5.41) is 7.01. The molecule has 2 fully saturated rings. The number of nitrogens with one attached hydrogen (secondary N) is 1. The van der Waals surface area contributed by atoms with E-state index >= 15 is 4.39 Å². The van der Waals surface area contributed by atoms with Crippen LogP contribution in [0.5, 0.6) is 5.88 Å². The van der Waals surface area contributed by atoms with Gasteiger partial charge in [0, 0.05) is 57.3 Å². The fourth-order valence-corrected chi connectivity index (χ4v) is 5.96. The van der Waals surface area contributed by atoms with Gasteiger partial charge in [-0.25, -0.2) is 32.0 Å². The number of amides is 2. The highest BCUT2D eigenvalue weighted by molar-refractivity contribution is 5.98. The normalized spacial score (nSPS) is 20.1. The molecule has 0 saturated carbocycles. The largest absolute Gasteiger partial charge is 0.480 e. The first-order chi connectivity index (χ1) is 22.0. The van der Waals surface area contributed by atoms with E-state index in [1.165, 1.54) is 54.9 Å². The zero-order chi connectivity index (χ0) is 32.6. The van der Waals surface area contributed by atoms with E-state index < -0.39 is 35.8 Å². The molecular weight excluding hydrogens is 608 g/mol. The maximum absolute atomic E-state index is 15.1. The second-order valence-electron chi connectivity index (χ2n) is 11.5. The molecule has 11 nitrogen and oxygen atoms in total. The Morgan fingerprint density at radius 2 is 1.87 bits per heavy atom. The Kier molecular flexibility index (Phi) is 8.51. The van der Waals surface area contributed by atoms with Gasteiger partial charge < -0.3 is 20.7 Å². The summed E-state index contributed by atoms with van der Waals surface area (Å²) in [5.74, 6) is -4.49. The number of carbonyl (C=O) groups excluding carboxylic acids is 2. The molecule has 0 radical (unpaired) electrons. The average Bonchev–Trinajstić information content (AvgIpc) is 3.42. The van der Waals surface area contributed by atoms with Crippen LogP contribution in [0.25, 0.3) is 16.8 Å². The number of carbonyl (C=O) groups is 2. The quantitative estimate of drug-likeness (QED) is 0.293. The van der Waals surface area contributed by atoms with Crippen molar-refractivity contribution < 1.29 is 31.9 Å². The summed E-state index contributed by atoms with van der Waals surface area (Å²) in [5.41, 5.74) is 8.26. The third-order valence-electron chi connectivity index (χ3n) is 8.46. The van der Waals surface area contributed by atoms with Gasteiger partial charge in [-0.3, -0.25) is 14.5 Å². The van der Waals surface area contributed by atoms with Gasteiger partial charge in [0.25, 0.3) is 17.7 Å². The number of alkyl halides is 3. The molecule has 0 aliphatic carbocycles. The minimum Gasteiger partial charge on any atom is -0.480 e. The summed E-state index contributed by atoms with van der Waals surface area (Å²) < 4.78 is 63.8. The number of rotatable bonds is 7. The van der Waals surface area contributed by atoms with Crippen molar-refractivity contribution in [2.75, 3.05) is 39.0 Å². The summed E-state index contributed by atoms with van der Waals surface area (Å²) in [6.07, 6.45) is 0.773. The molecule has 46 heavy (non-hydrogen) atoms. The standard InChI is InChI=1S/C31H32F4N8O3/c1-46-29-21(28(44)40-24-16-42(9-6-23(24)33)30(45)20-4-2-3-5-22(20)32)12-18(14-37-29)25-13-19(26-27(36)38-17-39-43(25)26)15-41-10-7-31(34,35)8-11-41/h2-5,12-14,17,23-24H,6-11,15-16H2,1H3,(H,40,44)(H2,36,38,39). The first-order valence-corrected chi connectivity index (χ1v) is 14.8. The molecule has 2 amide bonds. The molecule has 15 heteroatoms. The molecule has 2 aliphatic heterocycles. The van der Waals surface area contributed by atoms with Crippen LogP contribution in [0, 0.1) is 5.82 Å². The van der Waals surface area contributed by atoms with E-state index in [4.69, 9.17) is 10.5 Å². The lowest BCUT2D eigenvalue weighted by molar-refractivity contribution is -0.0565. The van der Waals surface area contributed by atoms with E-state index in [1.807, 2.05) is 4.90 Å². The van der Waals surface area contributed by atoms with Gasteiger partial charge in [0.1, 0.15) is 29.4 Å². The Labute approximate surface area is 261 Å². The molecule has 2 unspecified atom stereocenters. The summed E-state index contributed by atoms with van der Waals surface area (Å²) in [4.78, 5) is 38.2. The summed E-state index contributed by atoms with van der Waals surface area (Å²) >= 11 is 0. The molecular formula is C31H32F4N8O3. The highest BCUT2D eigenvalue weighted by Gasteiger charge is 2.36. The number of ether oxygens (including phenoxy) is 1.